The lowest BCUT2D eigenvalue weighted by atomic mass is 10.1. The average molecular weight is 376 g/mol. The minimum atomic E-state index is 0.642. The van der Waals surface area contributed by atoms with Crippen LogP contribution >= 0.6 is 11.8 Å². The standard InChI is InChI=1S/C21H20N4OS/c1-3-25-19(17-11-7-8-15(2)12-17)23-24-21(25)27-14-18-13-26-20(22-18)16-9-5-4-6-10-16/h4-13H,3,14H2,1-2H3. The van der Waals surface area contributed by atoms with Crippen LogP contribution in [0.1, 0.15) is 18.2 Å². The minimum Gasteiger partial charge on any atom is -0.444 e. The van der Waals surface area contributed by atoms with E-state index in [1.54, 1.807) is 18.0 Å². The van der Waals surface area contributed by atoms with Gasteiger partial charge in [-0.3, -0.25) is 0 Å². The van der Waals surface area contributed by atoms with Crippen LogP contribution in [0.2, 0.25) is 0 Å². The van der Waals surface area contributed by atoms with Gasteiger partial charge in [-0.25, -0.2) is 4.98 Å². The molecular formula is C21H20N4OS. The first kappa shape index (κ1) is 17.5. The van der Waals surface area contributed by atoms with Crippen molar-refractivity contribution in [3.8, 4) is 22.8 Å². The van der Waals surface area contributed by atoms with Crippen molar-refractivity contribution >= 4 is 11.8 Å². The third-order valence-electron chi connectivity index (χ3n) is 4.23. The molecule has 0 atom stereocenters. The van der Waals surface area contributed by atoms with E-state index in [1.165, 1.54) is 5.56 Å². The molecular weight excluding hydrogens is 356 g/mol. The summed E-state index contributed by atoms with van der Waals surface area (Å²) >= 11 is 1.62. The van der Waals surface area contributed by atoms with Gasteiger partial charge in [0.25, 0.3) is 0 Å². The molecule has 0 spiro atoms. The van der Waals surface area contributed by atoms with E-state index in [0.29, 0.717) is 11.6 Å². The Morgan fingerprint density at radius 2 is 1.81 bits per heavy atom. The summed E-state index contributed by atoms with van der Waals surface area (Å²) in [7, 11) is 0. The number of hydrogen-bond acceptors (Lipinski definition) is 5. The first-order valence-corrected chi connectivity index (χ1v) is 9.86. The fourth-order valence-electron chi connectivity index (χ4n) is 2.90. The smallest absolute Gasteiger partial charge is 0.226 e. The van der Waals surface area contributed by atoms with Crippen molar-refractivity contribution in [3.63, 3.8) is 0 Å². The molecule has 27 heavy (non-hydrogen) atoms. The van der Waals surface area contributed by atoms with Crippen LogP contribution in [0.5, 0.6) is 0 Å². The molecule has 0 saturated carbocycles. The lowest BCUT2D eigenvalue weighted by Gasteiger charge is -2.07. The Balaban J connectivity index is 1.52. The molecule has 0 N–H and O–H groups in total. The van der Waals surface area contributed by atoms with E-state index in [2.05, 4.69) is 51.8 Å². The zero-order chi connectivity index (χ0) is 18.6. The Bertz CT molecular complexity index is 1040. The summed E-state index contributed by atoms with van der Waals surface area (Å²) < 4.78 is 7.75. The van der Waals surface area contributed by atoms with Gasteiger partial charge in [0, 0.05) is 23.4 Å². The van der Waals surface area contributed by atoms with Gasteiger partial charge in [0.15, 0.2) is 11.0 Å². The van der Waals surface area contributed by atoms with E-state index < -0.39 is 0 Å². The zero-order valence-electron chi connectivity index (χ0n) is 15.3. The van der Waals surface area contributed by atoms with Crippen LogP contribution in [-0.4, -0.2) is 19.7 Å². The first-order valence-electron chi connectivity index (χ1n) is 8.87. The van der Waals surface area contributed by atoms with Crippen molar-refractivity contribution in [1.82, 2.24) is 19.7 Å². The summed E-state index contributed by atoms with van der Waals surface area (Å²) in [6, 6.07) is 18.2. The van der Waals surface area contributed by atoms with Crippen LogP contribution < -0.4 is 0 Å². The monoisotopic (exact) mass is 376 g/mol. The van der Waals surface area contributed by atoms with Crippen molar-refractivity contribution in [3.05, 3.63) is 72.1 Å². The fourth-order valence-corrected chi connectivity index (χ4v) is 3.78. The summed E-state index contributed by atoms with van der Waals surface area (Å²) in [5.74, 6) is 2.22. The highest BCUT2D eigenvalue weighted by Gasteiger charge is 2.14. The summed E-state index contributed by atoms with van der Waals surface area (Å²) in [6.45, 7) is 5.00. The van der Waals surface area contributed by atoms with Crippen LogP contribution in [0.3, 0.4) is 0 Å². The van der Waals surface area contributed by atoms with Crippen LogP contribution in [-0.2, 0) is 12.3 Å². The van der Waals surface area contributed by atoms with Gasteiger partial charge in [-0.15, -0.1) is 10.2 Å². The molecule has 0 aliphatic rings. The van der Waals surface area contributed by atoms with Crippen LogP contribution in [0.4, 0.5) is 0 Å². The predicted octanol–water partition coefficient (Wildman–Crippen LogP) is 5.22. The van der Waals surface area contributed by atoms with E-state index in [-0.39, 0.29) is 0 Å². The lowest BCUT2D eigenvalue weighted by molar-refractivity contribution is 0.573. The third kappa shape index (κ3) is 3.80. The second-order valence-electron chi connectivity index (χ2n) is 6.22. The van der Waals surface area contributed by atoms with Gasteiger partial charge in [0.2, 0.25) is 5.89 Å². The Morgan fingerprint density at radius 1 is 1.00 bits per heavy atom. The molecule has 0 aliphatic heterocycles. The summed E-state index contributed by atoms with van der Waals surface area (Å²) in [5.41, 5.74) is 4.17. The van der Waals surface area contributed by atoms with Gasteiger partial charge in [0.05, 0.1) is 5.69 Å². The van der Waals surface area contributed by atoms with E-state index in [1.807, 2.05) is 36.4 Å². The van der Waals surface area contributed by atoms with Crippen molar-refractivity contribution in [2.45, 2.75) is 31.3 Å². The number of hydrogen-bond donors (Lipinski definition) is 0. The normalized spacial score (nSPS) is 11.0. The summed E-state index contributed by atoms with van der Waals surface area (Å²) in [4.78, 5) is 4.58. The minimum absolute atomic E-state index is 0.642. The first-order chi connectivity index (χ1) is 13.2. The molecule has 2 aromatic heterocycles. The van der Waals surface area contributed by atoms with Gasteiger partial charge >= 0.3 is 0 Å². The number of thioether (sulfide) groups is 1. The van der Waals surface area contributed by atoms with Crippen molar-refractivity contribution in [1.29, 1.82) is 0 Å². The maximum absolute atomic E-state index is 5.62. The van der Waals surface area contributed by atoms with Gasteiger partial charge < -0.3 is 8.98 Å². The molecule has 2 aromatic carbocycles. The van der Waals surface area contributed by atoms with Gasteiger partial charge in [-0.2, -0.15) is 0 Å². The van der Waals surface area contributed by atoms with Crippen LogP contribution in [0.15, 0.2) is 70.4 Å². The highest BCUT2D eigenvalue weighted by Crippen LogP contribution is 2.27. The molecule has 0 amide bonds. The molecule has 0 radical (unpaired) electrons. The third-order valence-corrected chi connectivity index (χ3v) is 5.23. The maximum Gasteiger partial charge on any atom is 0.226 e. The number of benzene rings is 2. The highest BCUT2D eigenvalue weighted by atomic mass is 32.2. The number of rotatable bonds is 6. The van der Waals surface area contributed by atoms with Crippen LogP contribution in [0.25, 0.3) is 22.8 Å². The molecule has 2 heterocycles. The average Bonchev–Trinajstić information content (AvgIpc) is 3.34. The number of aryl methyl sites for hydroxylation is 1. The molecule has 0 aliphatic carbocycles. The van der Waals surface area contributed by atoms with Gasteiger partial charge in [0.1, 0.15) is 6.26 Å². The zero-order valence-corrected chi connectivity index (χ0v) is 16.1. The Hall–Kier alpha value is -2.86. The van der Waals surface area contributed by atoms with Crippen molar-refractivity contribution in [2.24, 2.45) is 0 Å². The maximum atomic E-state index is 5.62. The number of nitrogens with zero attached hydrogens (tertiary/aromatic N) is 4. The molecule has 4 rings (SSSR count). The molecule has 0 bridgehead atoms. The topological polar surface area (TPSA) is 56.7 Å². The number of oxazole rings is 1. The van der Waals surface area contributed by atoms with Gasteiger partial charge in [-0.1, -0.05) is 53.7 Å². The molecule has 0 unspecified atom stereocenters. The summed E-state index contributed by atoms with van der Waals surface area (Å²) in [6.07, 6.45) is 1.71. The molecule has 0 saturated heterocycles. The number of aromatic nitrogens is 4. The molecule has 136 valence electrons. The second kappa shape index (κ2) is 7.80. The van der Waals surface area contributed by atoms with Crippen LogP contribution in [0, 0.1) is 6.92 Å². The molecule has 4 aromatic rings. The van der Waals surface area contributed by atoms with E-state index >= 15 is 0 Å². The van der Waals surface area contributed by atoms with E-state index in [9.17, 15) is 0 Å². The largest absolute Gasteiger partial charge is 0.444 e. The van der Waals surface area contributed by atoms with E-state index in [0.717, 1.165) is 34.3 Å². The highest BCUT2D eigenvalue weighted by molar-refractivity contribution is 7.98. The molecule has 0 fully saturated rings. The molecule has 5 nitrogen and oxygen atoms in total. The molecule has 6 heteroatoms. The lowest BCUT2D eigenvalue weighted by Crippen LogP contribution is -2.00. The fraction of sp³-hybridized carbons (Fsp3) is 0.190. The van der Waals surface area contributed by atoms with Gasteiger partial charge in [-0.05, 0) is 32.0 Å². The Kier molecular flexibility index (Phi) is 5.07. The second-order valence-corrected chi connectivity index (χ2v) is 7.16. The Labute approximate surface area is 162 Å². The quantitative estimate of drug-likeness (QED) is 0.432. The van der Waals surface area contributed by atoms with Crippen molar-refractivity contribution in [2.75, 3.05) is 0 Å². The predicted molar refractivity (Wildman–Crippen MR) is 107 cm³/mol. The van der Waals surface area contributed by atoms with E-state index in [4.69, 9.17) is 4.42 Å². The Morgan fingerprint density at radius 3 is 2.59 bits per heavy atom. The van der Waals surface area contributed by atoms with Crippen molar-refractivity contribution < 1.29 is 4.42 Å². The summed E-state index contributed by atoms with van der Waals surface area (Å²) in [5, 5.41) is 9.69. The SMILES string of the molecule is CCn1c(SCc2coc(-c3ccccc3)n2)nnc1-c1cccc(C)c1.